The van der Waals surface area contributed by atoms with Crippen LogP contribution in [0.4, 0.5) is 0 Å². The van der Waals surface area contributed by atoms with Crippen LogP contribution in [0.5, 0.6) is 11.5 Å². The third-order valence-corrected chi connectivity index (χ3v) is 4.02. The summed E-state index contributed by atoms with van der Waals surface area (Å²) in [7, 11) is 1.55. The second-order valence-electron chi connectivity index (χ2n) is 6.27. The molecule has 0 spiro atoms. The summed E-state index contributed by atoms with van der Waals surface area (Å²) in [5.41, 5.74) is 1.16. The van der Waals surface area contributed by atoms with E-state index in [1.807, 2.05) is 0 Å². The lowest BCUT2D eigenvalue weighted by molar-refractivity contribution is -0.140. The van der Waals surface area contributed by atoms with Crippen molar-refractivity contribution in [2.75, 3.05) is 20.3 Å². The van der Waals surface area contributed by atoms with Crippen molar-refractivity contribution in [1.82, 2.24) is 0 Å². The first-order chi connectivity index (χ1) is 15.0. The molecule has 2 rings (SSSR count). The van der Waals surface area contributed by atoms with Gasteiger partial charge in [0.2, 0.25) is 0 Å². The third kappa shape index (κ3) is 8.57. The van der Waals surface area contributed by atoms with Crippen LogP contribution in [-0.4, -0.2) is 38.2 Å². The molecule has 0 aliphatic heterocycles. The molecule has 0 saturated heterocycles. The molecule has 0 aromatic heterocycles. The number of unbranched alkanes of at least 4 members (excludes halogenated alkanes) is 1. The Bertz CT molecular complexity index is 912. The Kier molecular flexibility index (Phi) is 9.55. The fraction of sp³-hybridized carbons (Fsp3) is 0.208. The normalized spacial score (nSPS) is 10.4. The average molecular weight is 424 g/mol. The van der Waals surface area contributed by atoms with Crippen LogP contribution < -0.4 is 9.47 Å². The first kappa shape index (κ1) is 23.4. The molecule has 0 amide bonds. The SMILES string of the molecule is C=CC(=O)OCCCCOC(=O)/C=C/c1ccc(OC(=O)c2ccc(OC)cc2)cc1. The summed E-state index contributed by atoms with van der Waals surface area (Å²) >= 11 is 0. The van der Waals surface area contributed by atoms with Crippen molar-refractivity contribution < 1.29 is 33.3 Å². The highest BCUT2D eigenvalue weighted by Gasteiger charge is 2.08. The topological polar surface area (TPSA) is 88.1 Å². The summed E-state index contributed by atoms with van der Waals surface area (Å²) in [6, 6.07) is 13.3. The van der Waals surface area contributed by atoms with Crippen LogP contribution in [0.2, 0.25) is 0 Å². The lowest BCUT2D eigenvalue weighted by Crippen LogP contribution is -2.08. The van der Waals surface area contributed by atoms with E-state index in [9.17, 15) is 14.4 Å². The molecule has 7 heteroatoms. The predicted octanol–water partition coefficient (Wildman–Crippen LogP) is 3.98. The number of benzene rings is 2. The van der Waals surface area contributed by atoms with Crippen molar-refractivity contribution in [3.63, 3.8) is 0 Å². The fourth-order valence-electron chi connectivity index (χ4n) is 2.36. The first-order valence-corrected chi connectivity index (χ1v) is 9.62. The maximum absolute atomic E-state index is 12.2. The van der Waals surface area contributed by atoms with E-state index in [1.165, 1.54) is 6.08 Å². The fourth-order valence-corrected chi connectivity index (χ4v) is 2.36. The molecule has 162 valence electrons. The van der Waals surface area contributed by atoms with Crippen LogP contribution in [-0.2, 0) is 19.1 Å². The van der Waals surface area contributed by atoms with E-state index in [-0.39, 0.29) is 13.2 Å². The highest BCUT2D eigenvalue weighted by atomic mass is 16.5. The number of carbonyl (C=O) groups excluding carboxylic acids is 3. The monoisotopic (exact) mass is 424 g/mol. The molecule has 0 N–H and O–H groups in total. The van der Waals surface area contributed by atoms with Gasteiger partial charge in [-0.25, -0.2) is 14.4 Å². The Labute approximate surface area is 180 Å². The number of hydrogen-bond acceptors (Lipinski definition) is 7. The van der Waals surface area contributed by atoms with Gasteiger partial charge in [0.15, 0.2) is 0 Å². The number of esters is 3. The minimum atomic E-state index is -0.478. The highest BCUT2D eigenvalue weighted by Crippen LogP contribution is 2.17. The number of rotatable bonds is 11. The maximum atomic E-state index is 12.2. The lowest BCUT2D eigenvalue weighted by atomic mass is 10.2. The maximum Gasteiger partial charge on any atom is 0.343 e. The molecule has 0 aliphatic rings. The molecular weight excluding hydrogens is 400 g/mol. The van der Waals surface area contributed by atoms with Gasteiger partial charge in [-0.15, -0.1) is 0 Å². The van der Waals surface area contributed by atoms with Crippen molar-refractivity contribution in [2.24, 2.45) is 0 Å². The number of carbonyl (C=O) groups is 3. The number of hydrogen-bond donors (Lipinski definition) is 0. The van der Waals surface area contributed by atoms with Crippen molar-refractivity contribution in [3.05, 3.63) is 78.4 Å². The molecule has 0 bridgehead atoms. The quantitative estimate of drug-likeness (QED) is 0.233. The van der Waals surface area contributed by atoms with E-state index in [4.69, 9.17) is 18.9 Å². The Morgan fingerprint density at radius 3 is 2.00 bits per heavy atom. The van der Waals surface area contributed by atoms with Crippen molar-refractivity contribution in [1.29, 1.82) is 0 Å². The van der Waals surface area contributed by atoms with Gasteiger partial charge in [0.05, 0.1) is 25.9 Å². The first-order valence-electron chi connectivity index (χ1n) is 9.62. The van der Waals surface area contributed by atoms with Gasteiger partial charge in [-0.05, 0) is 60.9 Å². The molecule has 7 nitrogen and oxygen atoms in total. The Balaban J connectivity index is 1.73. The van der Waals surface area contributed by atoms with Crippen LogP contribution in [0.3, 0.4) is 0 Å². The third-order valence-electron chi connectivity index (χ3n) is 4.02. The summed E-state index contributed by atoms with van der Waals surface area (Å²) in [5.74, 6) is -0.383. The van der Waals surface area contributed by atoms with Crippen LogP contribution in [0.25, 0.3) is 6.08 Å². The van der Waals surface area contributed by atoms with Gasteiger partial charge in [0, 0.05) is 12.2 Å². The highest BCUT2D eigenvalue weighted by molar-refractivity contribution is 5.91. The van der Waals surface area contributed by atoms with E-state index in [0.717, 1.165) is 11.6 Å². The molecule has 0 fully saturated rings. The van der Waals surface area contributed by atoms with Crippen LogP contribution in [0.1, 0.15) is 28.8 Å². The van der Waals surface area contributed by atoms with Gasteiger partial charge in [-0.2, -0.15) is 0 Å². The van der Waals surface area contributed by atoms with E-state index in [2.05, 4.69) is 6.58 Å². The van der Waals surface area contributed by atoms with E-state index >= 15 is 0 Å². The van der Waals surface area contributed by atoms with Crippen LogP contribution in [0, 0.1) is 0 Å². The van der Waals surface area contributed by atoms with Crippen molar-refractivity contribution in [2.45, 2.75) is 12.8 Å². The zero-order valence-electron chi connectivity index (χ0n) is 17.2. The lowest BCUT2D eigenvalue weighted by Gasteiger charge is -2.05. The van der Waals surface area contributed by atoms with Crippen molar-refractivity contribution in [3.8, 4) is 11.5 Å². The van der Waals surface area contributed by atoms with Gasteiger partial charge in [0.25, 0.3) is 0 Å². The van der Waals surface area contributed by atoms with Gasteiger partial charge < -0.3 is 18.9 Å². The molecule has 31 heavy (non-hydrogen) atoms. The largest absolute Gasteiger partial charge is 0.497 e. The molecule has 0 atom stereocenters. The van der Waals surface area contributed by atoms with E-state index in [0.29, 0.717) is 29.9 Å². The summed E-state index contributed by atoms with van der Waals surface area (Å²) in [6.07, 6.45) is 5.19. The summed E-state index contributed by atoms with van der Waals surface area (Å²) < 4.78 is 20.3. The summed E-state index contributed by atoms with van der Waals surface area (Å²) in [5, 5.41) is 0. The molecule has 2 aromatic rings. The van der Waals surface area contributed by atoms with Crippen LogP contribution in [0.15, 0.2) is 67.3 Å². The second kappa shape index (κ2) is 12.6. The predicted molar refractivity (Wildman–Crippen MR) is 115 cm³/mol. The zero-order chi connectivity index (χ0) is 22.5. The van der Waals surface area contributed by atoms with E-state index in [1.54, 1.807) is 61.7 Å². The van der Waals surface area contributed by atoms with Gasteiger partial charge in [-0.1, -0.05) is 18.7 Å². The zero-order valence-corrected chi connectivity index (χ0v) is 17.2. The van der Waals surface area contributed by atoms with Gasteiger partial charge >= 0.3 is 17.9 Å². The molecule has 0 heterocycles. The van der Waals surface area contributed by atoms with Crippen molar-refractivity contribution >= 4 is 24.0 Å². The molecule has 2 aromatic carbocycles. The summed E-state index contributed by atoms with van der Waals surface area (Å²) in [6.45, 7) is 3.79. The number of ether oxygens (including phenoxy) is 4. The average Bonchev–Trinajstić information content (AvgIpc) is 2.80. The Hall–Kier alpha value is -3.87. The minimum absolute atomic E-state index is 0.231. The van der Waals surface area contributed by atoms with Gasteiger partial charge in [-0.3, -0.25) is 0 Å². The van der Waals surface area contributed by atoms with E-state index < -0.39 is 17.9 Å². The summed E-state index contributed by atoms with van der Waals surface area (Å²) in [4.78, 5) is 34.8. The molecule has 0 unspecified atom stereocenters. The van der Waals surface area contributed by atoms with Gasteiger partial charge in [0.1, 0.15) is 11.5 Å². The smallest absolute Gasteiger partial charge is 0.343 e. The molecule has 0 radical (unpaired) electrons. The Morgan fingerprint density at radius 1 is 0.839 bits per heavy atom. The minimum Gasteiger partial charge on any atom is -0.497 e. The second-order valence-corrected chi connectivity index (χ2v) is 6.27. The molecule has 0 saturated carbocycles. The van der Waals surface area contributed by atoms with Crippen LogP contribution >= 0.6 is 0 Å². The Morgan fingerprint density at radius 2 is 1.42 bits per heavy atom. The molecule has 0 aliphatic carbocycles. The number of methoxy groups -OCH3 is 1. The standard InChI is InChI=1S/C24H24O7/c1-3-22(25)29-16-4-5-17-30-23(26)15-8-18-6-11-21(12-7-18)31-24(27)19-9-13-20(28-2)14-10-19/h3,6-15H,1,4-5,16-17H2,2H3/b15-8+. The molecular formula is C24H24O7.